The Bertz CT molecular complexity index is 214. The second kappa shape index (κ2) is 8.51. The van der Waals surface area contributed by atoms with Gasteiger partial charge in [-0.2, -0.15) is 0 Å². The first-order valence-electron chi connectivity index (χ1n) is 6.89. The standard InChI is InChI=1S/C14H29NO2/c1-5-7-11-15(6-2)12-9-8-10-14(3,4)13(16)17/h5-12H2,1-4H3,(H,16,17). The zero-order valence-electron chi connectivity index (χ0n) is 12.0. The molecule has 0 rings (SSSR count). The predicted molar refractivity (Wildman–Crippen MR) is 72.3 cm³/mol. The van der Waals surface area contributed by atoms with Crippen molar-refractivity contribution in [3.8, 4) is 0 Å². The summed E-state index contributed by atoms with van der Waals surface area (Å²) in [4.78, 5) is 13.4. The van der Waals surface area contributed by atoms with Crippen molar-refractivity contribution in [2.45, 2.75) is 59.8 Å². The summed E-state index contributed by atoms with van der Waals surface area (Å²) in [6, 6.07) is 0. The van der Waals surface area contributed by atoms with Crippen molar-refractivity contribution in [3.05, 3.63) is 0 Å². The molecule has 3 heteroatoms. The maximum absolute atomic E-state index is 10.9. The van der Waals surface area contributed by atoms with Crippen LogP contribution >= 0.6 is 0 Å². The number of unbranched alkanes of at least 4 members (excludes halogenated alkanes) is 2. The van der Waals surface area contributed by atoms with E-state index in [0.29, 0.717) is 0 Å². The number of hydrogen-bond donors (Lipinski definition) is 1. The third kappa shape index (κ3) is 7.37. The van der Waals surface area contributed by atoms with Crippen LogP contribution in [0.5, 0.6) is 0 Å². The molecule has 0 aromatic rings. The minimum Gasteiger partial charge on any atom is -0.481 e. The highest BCUT2D eigenvalue weighted by atomic mass is 16.4. The zero-order valence-corrected chi connectivity index (χ0v) is 12.0. The van der Waals surface area contributed by atoms with Gasteiger partial charge in [0.2, 0.25) is 0 Å². The minimum atomic E-state index is -0.684. The molecule has 0 aliphatic carbocycles. The van der Waals surface area contributed by atoms with Crippen LogP contribution in [0.4, 0.5) is 0 Å². The van der Waals surface area contributed by atoms with Gasteiger partial charge in [0.05, 0.1) is 5.41 Å². The smallest absolute Gasteiger partial charge is 0.309 e. The Morgan fingerprint density at radius 1 is 1.12 bits per heavy atom. The fourth-order valence-electron chi connectivity index (χ4n) is 1.82. The van der Waals surface area contributed by atoms with E-state index in [0.717, 1.165) is 32.4 Å². The van der Waals surface area contributed by atoms with Gasteiger partial charge in [0.15, 0.2) is 0 Å². The highest BCUT2D eigenvalue weighted by Crippen LogP contribution is 2.23. The average Bonchev–Trinajstić information content (AvgIpc) is 2.28. The molecule has 0 saturated heterocycles. The predicted octanol–water partition coefficient (Wildman–Crippen LogP) is 3.39. The fourth-order valence-corrected chi connectivity index (χ4v) is 1.82. The third-order valence-corrected chi connectivity index (χ3v) is 3.38. The first kappa shape index (κ1) is 16.4. The lowest BCUT2D eigenvalue weighted by molar-refractivity contribution is -0.147. The molecule has 0 atom stereocenters. The van der Waals surface area contributed by atoms with Gasteiger partial charge < -0.3 is 10.0 Å². The van der Waals surface area contributed by atoms with Crippen LogP contribution in [0, 0.1) is 5.41 Å². The van der Waals surface area contributed by atoms with Crippen molar-refractivity contribution in [2.24, 2.45) is 5.41 Å². The Balaban J connectivity index is 3.71. The first-order valence-corrected chi connectivity index (χ1v) is 6.89. The molecule has 0 amide bonds. The van der Waals surface area contributed by atoms with Crippen LogP contribution in [0.25, 0.3) is 0 Å². The molecule has 0 spiro atoms. The molecule has 17 heavy (non-hydrogen) atoms. The van der Waals surface area contributed by atoms with Gasteiger partial charge in [0, 0.05) is 0 Å². The molecule has 102 valence electrons. The van der Waals surface area contributed by atoms with Crippen LogP contribution in [0.3, 0.4) is 0 Å². The van der Waals surface area contributed by atoms with Gasteiger partial charge in [-0.25, -0.2) is 0 Å². The highest BCUT2D eigenvalue weighted by molar-refractivity contribution is 5.73. The molecule has 0 unspecified atom stereocenters. The van der Waals surface area contributed by atoms with Crippen LogP contribution in [0.15, 0.2) is 0 Å². The average molecular weight is 243 g/mol. The van der Waals surface area contributed by atoms with Gasteiger partial charge in [-0.15, -0.1) is 0 Å². The van der Waals surface area contributed by atoms with Crippen molar-refractivity contribution < 1.29 is 9.90 Å². The molecule has 3 nitrogen and oxygen atoms in total. The van der Waals surface area contributed by atoms with Crippen LogP contribution in [0.1, 0.15) is 59.8 Å². The topological polar surface area (TPSA) is 40.5 Å². The molecule has 0 fully saturated rings. The highest BCUT2D eigenvalue weighted by Gasteiger charge is 2.25. The summed E-state index contributed by atoms with van der Waals surface area (Å²) < 4.78 is 0. The first-order chi connectivity index (χ1) is 7.94. The minimum absolute atomic E-state index is 0.569. The largest absolute Gasteiger partial charge is 0.481 e. The van der Waals surface area contributed by atoms with Crippen molar-refractivity contribution in [2.75, 3.05) is 19.6 Å². The van der Waals surface area contributed by atoms with Gasteiger partial charge in [0.25, 0.3) is 0 Å². The molecule has 0 heterocycles. The molecule has 0 saturated carbocycles. The van der Waals surface area contributed by atoms with Crippen LogP contribution in [-0.4, -0.2) is 35.6 Å². The van der Waals surface area contributed by atoms with E-state index < -0.39 is 11.4 Å². The number of hydrogen-bond acceptors (Lipinski definition) is 2. The number of carbonyl (C=O) groups is 1. The van der Waals surface area contributed by atoms with Gasteiger partial charge in [-0.3, -0.25) is 4.79 Å². The van der Waals surface area contributed by atoms with E-state index in [4.69, 9.17) is 5.11 Å². The summed E-state index contributed by atoms with van der Waals surface area (Å²) in [5.41, 5.74) is -0.569. The second-order valence-corrected chi connectivity index (χ2v) is 5.43. The monoisotopic (exact) mass is 243 g/mol. The number of carboxylic acids is 1. The summed E-state index contributed by atoms with van der Waals surface area (Å²) in [5.74, 6) is -0.684. The maximum atomic E-state index is 10.9. The third-order valence-electron chi connectivity index (χ3n) is 3.38. The number of rotatable bonds is 10. The Kier molecular flexibility index (Phi) is 8.23. The number of carboxylic acid groups (broad SMARTS) is 1. The summed E-state index contributed by atoms with van der Waals surface area (Å²) in [5, 5.41) is 9.00. The molecule has 0 aromatic carbocycles. The molecule has 0 aliphatic heterocycles. The van der Waals surface area contributed by atoms with E-state index in [1.165, 1.54) is 19.4 Å². The van der Waals surface area contributed by atoms with Crippen molar-refractivity contribution >= 4 is 5.97 Å². The molecular formula is C14H29NO2. The lowest BCUT2D eigenvalue weighted by Crippen LogP contribution is -2.27. The normalized spacial score (nSPS) is 12.1. The van der Waals surface area contributed by atoms with Gasteiger partial charge >= 0.3 is 5.97 Å². The van der Waals surface area contributed by atoms with Gasteiger partial charge in [-0.1, -0.05) is 26.7 Å². The Morgan fingerprint density at radius 3 is 2.18 bits per heavy atom. The molecule has 0 aliphatic rings. The second-order valence-electron chi connectivity index (χ2n) is 5.43. The molecule has 0 bridgehead atoms. The quantitative estimate of drug-likeness (QED) is 0.598. The molecule has 0 radical (unpaired) electrons. The van der Waals surface area contributed by atoms with Crippen LogP contribution in [-0.2, 0) is 4.79 Å². The van der Waals surface area contributed by atoms with E-state index in [-0.39, 0.29) is 0 Å². The van der Waals surface area contributed by atoms with Crippen molar-refractivity contribution in [1.29, 1.82) is 0 Å². The lowest BCUT2D eigenvalue weighted by atomic mass is 9.87. The molecular weight excluding hydrogens is 214 g/mol. The Labute approximate surface area is 106 Å². The number of aliphatic carboxylic acids is 1. The summed E-state index contributed by atoms with van der Waals surface area (Å²) in [6.07, 6.45) is 5.38. The van der Waals surface area contributed by atoms with Crippen molar-refractivity contribution in [3.63, 3.8) is 0 Å². The summed E-state index contributed by atoms with van der Waals surface area (Å²) in [6.45, 7) is 11.4. The van der Waals surface area contributed by atoms with E-state index in [2.05, 4.69) is 18.7 Å². The Hall–Kier alpha value is -0.570. The SMILES string of the molecule is CCCCN(CC)CCCCC(C)(C)C(=O)O. The van der Waals surface area contributed by atoms with Gasteiger partial charge in [0.1, 0.15) is 0 Å². The summed E-state index contributed by atoms with van der Waals surface area (Å²) in [7, 11) is 0. The Morgan fingerprint density at radius 2 is 1.71 bits per heavy atom. The van der Waals surface area contributed by atoms with Crippen LogP contribution < -0.4 is 0 Å². The van der Waals surface area contributed by atoms with E-state index >= 15 is 0 Å². The molecule has 0 aromatic heterocycles. The van der Waals surface area contributed by atoms with E-state index in [9.17, 15) is 4.79 Å². The zero-order chi connectivity index (χ0) is 13.3. The van der Waals surface area contributed by atoms with E-state index in [1.807, 2.05) is 13.8 Å². The van der Waals surface area contributed by atoms with Gasteiger partial charge in [-0.05, 0) is 52.7 Å². The molecule has 1 N–H and O–H groups in total. The maximum Gasteiger partial charge on any atom is 0.309 e. The lowest BCUT2D eigenvalue weighted by Gasteiger charge is -2.22. The van der Waals surface area contributed by atoms with E-state index in [1.54, 1.807) is 0 Å². The fraction of sp³-hybridized carbons (Fsp3) is 0.929. The van der Waals surface area contributed by atoms with Crippen LogP contribution in [0.2, 0.25) is 0 Å². The summed E-state index contributed by atoms with van der Waals surface area (Å²) >= 11 is 0. The van der Waals surface area contributed by atoms with Crippen molar-refractivity contribution in [1.82, 2.24) is 4.90 Å². The number of nitrogens with zero attached hydrogens (tertiary/aromatic N) is 1.